The van der Waals surface area contributed by atoms with Crippen LogP contribution in [0.3, 0.4) is 0 Å². The summed E-state index contributed by atoms with van der Waals surface area (Å²) in [6.07, 6.45) is 2.54. The molecule has 4 amide bonds. The van der Waals surface area contributed by atoms with E-state index in [0.29, 0.717) is 37.2 Å². The van der Waals surface area contributed by atoms with Crippen LogP contribution in [0.15, 0.2) is 30.5 Å². The number of aromatic nitrogens is 3. The van der Waals surface area contributed by atoms with Gasteiger partial charge in [-0.2, -0.15) is 0 Å². The lowest BCUT2D eigenvalue weighted by atomic mass is 9.81. The number of aryl methyl sites for hydroxylation is 1. The SMILES string of the molecule is Cc1ccc2[nH]c(C(=O)N[C@H]3CC[C@H](C(=O)N(C)C)C[C@H]3NC(=O)c3ncc4c(n3)CN(C(=O)OC(C)(C)C)C4)cc2c1. The topological polar surface area (TPSA) is 150 Å². The quantitative estimate of drug-likeness (QED) is 0.413. The van der Waals surface area contributed by atoms with Crippen LogP contribution in [0, 0.1) is 12.8 Å². The third-order valence-corrected chi connectivity index (χ3v) is 7.80. The lowest BCUT2D eigenvalue weighted by Gasteiger charge is -2.37. The van der Waals surface area contributed by atoms with E-state index < -0.39 is 29.7 Å². The van der Waals surface area contributed by atoms with Crippen LogP contribution in [0.25, 0.3) is 10.9 Å². The third kappa shape index (κ3) is 6.79. The second kappa shape index (κ2) is 11.7. The zero-order valence-corrected chi connectivity index (χ0v) is 25.5. The minimum atomic E-state index is -0.631. The maximum Gasteiger partial charge on any atom is 0.410 e. The van der Waals surface area contributed by atoms with Crippen molar-refractivity contribution in [1.82, 2.24) is 35.4 Å². The molecule has 1 aromatic carbocycles. The average Bonchev–Trinajstić information content (AvgIpc) is 3.56. The minimum Gasteiger partial charge on any atom is -0.444 e. The molecule has 228 valence electrons. The number of aromatic amines is 1. The number of rotatable bonds is 5. The first kappa shape index (κ1) is 30.0. The van der Waals surface area contributed by atoms with Gasteiger partial charge < -0.3 is 25.3 Å². The zero-order valence-electron chi connectivity index (χ0n) is 25.5. The Labute approximate surface area is 250 Å². The number of H-pyrrole nitrogens is 1. The Kier molecular flexibility index (Phi) is 8.13. The predicted molar refractivity (Wildman–Crippen MR) is 159 cm³/mol. The molecular formula is C31H39N7O5. The number of fused-ring (bicyclic) bond motifs is 2. The van der Waals surface area contributed by atoms with Crippen LogP contribution in [-0.4, -0.2) is 80.3 Å². The number of nitrogens with zero attached hydrogens (tertiary/aromatic N) is 4. The fourth-order valence-corrected chi connectivity index (χ4v) is 5.66. The summed E-state index contributed by atoms with van der Waals surface area (Å²) in [5.41, 5.74) is 3.07. The molecule has 0 spiro atoms. The highest BCUT2D eigenvalue weighted by atomic mass is 16.6. The van der Waals surface area contributed by atoms with E-state index in [0.717, 1.165) is 22.0 Å². The zero-order chi connectivity index (χ0) is 31.1. The van der Waals surface area contributed by atoms with Crippen molar-refractivity contribution >= 4 is 34.7 Å². The number of benzene rings is 1. The number of amides is 4. The summed E-state index contributed by atoms with van der Waals surface area (Å²) in [4.78, 5) is 67.0. The molecule has 1 aliphatic carbocycles. The highest BCUT2D eigenvalue weighted by Crippen LogP contribution is 2.28. The van der Waals surface area contributed by atoms with Gasteiger partial charge in [0.05, 0.1) is 24.8 Å². The van der Waals surface area contributed by atoms with Gasteiger partial charge in [0.2, 0.25) is 11.7 Å². The molecule has 0 radical (unpaired) electrons. The fraction of sp³-hybridized carbons (Fsp3) is 0.484. The molecule has 1 saturated carbocycles. The molecule has 3 atom stereocenters. The highest BCUT2D eigenvalue weighted by Gasteiger charge is 2.37. The van der Waals surface area contributed by atoms with E-state index in [-0.39, 0.29) is 30.1 Å². The van der Waals surface area contributed by atoms with Crippen LogP contribution < -0.4 is 10.6 Å². The molecule has 43 heavy (non-hydrogen) atoms. The number of hydrogen-bond donors (Lipinski definition) is 3. The van der Waals surface area contributed by atoms with Crippen molar-refractivity contribution in [1.29, 1.82) is 0 Å². The number of carbonyl (C=O) groups excluding carboxylic acids is 4. The fourth-order valence-electron chi connectivity index (χ4n) is 5.66. The highest BCUT2D eigenvalue weighted by molar-refractivity contribution is 5.98. The van der Waals surface area contributed by atoms with Gasteiger partial charge in [0, 0.05) is 48.7 Å². The van der Waals surface area contributed by atoms with Gasteiger partial charge >= 0.3 is 6.09 Å². The van der Waals surface area contributed by atoms with Crippen molar-refractivity contribution in [3.8, 4) is 0 Å². The summed E-state index contributed by atoms with van der Waals surface area (Å²) in [7, 11) is 3.42. The average molecular weight is 590 g/mol. The van der Waals surface area contributed by atoms with E-state index in [1.54, 1.807) is 46.0 Å². The number of ether oxygens (including phenoxy) is 1. The lowest BCUT2D eigenvalue weighted by molar-refractivity contribution is -0.134. The standard InChI is InChI=1S/C31H39N7O5/c1-17-7-9-21-19(11-17)13-24(33-21)27(39)35-22-10-8-18(29(41)37(5)6)12-23(22)36-28(40)26-32-14-20-15-38(16-25(20)34-26)30(42)43-31(2,3)4/h7,9,11,13-14,18,22-23,33H,8,10,12,15-16H2,1-6H3,(H,35,39)(H,36,40)/t18-,22-,23+/m0/s1. The van der Waals surface area contributed by atoms with E-state index in [4.69, 9.17) is 4.74 Å². The smallest absolute Gasteiger partial charge is 0.410 e. The Hall–Kier alpha value is -4.48. The van der Waals surface area contributed by atoms with Gasteiger partial charge in [-0.05, 0) is 65.2 Å². The lowest BCUT2D eigenvalue weighted by Crippen LogP contribution is -2.56. The van der Waals surface area contributed by atoms with Crippen molar-refractivity contribution in [2.45, 2.75) is 77.7 Å². The van der Waals surface area contributed by atoms with Crippen molar-refractivity contribution in [3.05, 3.63) is 58.8 Å². The van der Waals surface area contributed by atoms with Gasteiger partial charge in [-0.1, -0.05) is 11.6 Å². The molecule has 0 bridgehead atoms. The first-order chi connectivity index (χ1) is 20.3. The number of nitrogens with one attached hydrogen (secondary N) is 3. The van der Waals surface area contributed by atoms with E-state index >= 15 is 0 Å². The van der Waals surface area contributed by atoms with Crippen LogP contribution in [-0.2, 0) is 22.6 Å². The summed E-state index contributed by atoms with van der Waals surface area (Å²) in [6, 6.07) is 6.80. The summed E-state index contributed by atoms with van der Waals surface area (Å²) in [5.74, 6) is -1.16. The molecule has 0 saturated heterocycles. The molecule has 0 unspecified atom stereocenters. The predicted octanol–water partition coefficient (Wildman–Crippen LogP) is 3.30. The number of carbonyl (C=O) groups is 4. The van der Waals surface area contributed by atoms with E-state index in [1.807, 2.05) is 31.2 Å². The Balaban J connectivity index is 1.31. The van der Waals surface area contributed by atoms with E-state index in [2.05, 4.69) is 25.6 Å². The van der Waals surface area contributed by atoms with Gasteiger partial charge in [-0.15, -0.1) is 0 Å². The maximum atomic E-state index is 13.4. The summed E-state index contributed by atoms with van der Waals surface area (Å²) >= 11 is 0. The molecule has 3 aromatic rings. The van der Waals surface area contributed by atoms with Crippen molar-refractivity contribution in [2.75, 3.05) is 14.1 Å². The van der Waals surface area contributed by atoms with Crippen LogP contribution >= 0.6 is 0 Å². The molecule has 1 aliphatic heterocycles. The second-order valence-corrected chi connectivity index (χ2v) is 12.7. The molecule has 1 fully saturated rings. The van der Waals surface area contributed by atoms with Crippen LogP contribution in [0.5, 0.6) is 0 Å². The van der Waals surface area contributed by atoms with Gasteiger partial charge in [0.1, 0.15) is 11.3 Å². The Morgan fingerprint density at radius 2 is 1.77 bits per heavy atom. The van der Waals surface area contributed by atoms with Crippen LogP contribution in [0.1, 0.15) is 78.0 Å². The Morgan fingerprint density at radius 1 is 1.02 bits per heavy atom. The first-order valence-electron chi connectivity index (χ1n) is 14.5. The minimum absolute atomic E-state index is 0.0222. The Morgan fingerprint density at radius 3 is 2.49 bits per heavy atom. The van der Waals surface area contributed by atoms with Gasteiger partial charge in [-0.25, -0.2) is 14.8 Å². The summed E-state index contributed by atoms with van der Waals surface area (Å²) < 4.78 is 5.47. The van der Waals surface area contributed by atoms with Gasteiger partial charge in [-0.3, -0.25) is 19.3 Å². The normalized spacial score (nSPS) is 20.0. The van der Waals surface area contributed by atoms with Gasteiger partial charge in [0.15, 0.2) is 0 Å². The van der Waals surface area contributed by atoms with Crippen LogP contribution in [0.4, 0.5) is 4.79 Å². The molecule has 2 aliphatic rings. The Bertz CT molecular complexity index is 1570. The molecule has 3 N–H and O–H groups in total. The maximum absolute atomic E-state index is 13.4. The third-order valence-electron chi connectivity index (χ3n) is 7.80. The van der Waals surface area contributed by atoms with Crippen molar-refractivity contribution in [3.63, 3.8) is 0 Å². The molecule has 2 aromatic heterocycles. The molecular weight excluding hydrogens is 550 g/mol. The van der Waals surface area contributed by atoms with Crippen molar-refractivity contribution in [2.24, 2.45) is 5.92 Å². The first-order valence-corrected chi connectivity index (χ1v) is 14.5. The number of hydrogen-bond acceptors (Lipinski definition) is 7. The van der Waals surface area contributed by atoms with Gasteiger partial charge in [0.25, 0.3) is 11.8 Å². The largest absolute Gasteiger partial charge is 0.444 e. The van der Waals surface area contributed by atoms with Crippen LogP contribution in [0.2, 0.25) is 0 Å². The summed E-state index contributed by atoms with van der Waals surface area (Å²) in [5, 5.41) is 7.01. The molecule has 5 rings (SSSR count). The monoisotopic (exact) mass is 589 g/mol. The molecule has 12 heteroatoms. The molecule has 12 nitrogen and oxygen atoms in total. The van der Waals surface area contributed by atoms with Crippen molar-refractivity contribution < 1.29 is 23.9 Å². The second-order valence-electron chi connectivity index (χ2n) is 12.7. The summed E-state index contributed by atoms with van der Waals surface area (Å²) in [6.45, 7) is 7.90. The van der Waals surface area contributed by atoms with E-state index in [1.165, 1.54) is 4.90 Å². The van der Waals surface area contributed by atoms with E-state index in [9.17, 15) is 19.2 Å². The molecule has 3 heterocycles.